The molecule has 1 rings (SSSR count). The maximum Gasteiger partial charge on any atom is 0.435 e. The summed E-state index contributed by atoms with van der Waals surface area (Å²) in [4.78, 5) is 11.1. The molecule has 0 bridgehead atoms. The number of carbonyl (C=O) groups excluding carboxylic acids is 1. The molecule has 8 heteroatoms. The van der Waals surface area contributed by atoms with Crippen molar-refractivity contribution in [3.8, 4) is 0 Å². The first-order valence-corrected chi connectivity index (χ1v) is 4.85. The van der Waals surface area contributed by atoms with E-state index in [0.717, 1.165) is 4.68 Å². The SMILES string of the molecule is CNCC(=O)NCc1cn(C)nc1C(F)(F)F. The molecule has 0 saturated heterocycles. The first-order valence-electron chi connectivity index (χ1n) is 4.85. The van der Waals surface area contributed by atoms with Crippen LogP contribution < -0.4 is 10.6 Å². The number of alkyl halides is 3. The highest BCUT2D eigenvalue weighted by Crippen LogP contribution is 2.30. The van der Waals surface area contributed by atoms with Gasteiger partial charge in [0.15, 0.2) is 5.69 Å². The van der Waals surface area contributed by atoms with Crippen molar-refractivity contribution in [2.24, 2.45) is 7.05 Å². The molecular weight excluding hydrogens is 237 g/mol. The van der Waals surface area contributed by atoms with Crippen LogP contribution in [0.2, 0.25) is 0 Å². The second-order valence-corrected chi connectivity index (χ2v) is 3.48. The minimum absolute atomic E-state index is 0.0514. The predicted molar refractivity (Wildman–Crippen MR) is 54.0 cm³/mol. The lowest BCUT2D eigenvalue weighted by Crippen LogP contribution is -2.32. The summed E-state index contributed by atoms with van der Waals surface area (Å²) >= 11 is 0. The van der Waals surface area contributed by atoms with Crippen LogP contribution in [-0.2, 0) is 24.6 Å². The molecule has 5 nitrogen and oxygen atoms in total. The van der Waals surface area contributed by atoms with E-state index in [1.54, 1.807) is 7.05 Å². The fourth-order valence-corrected chi connectivity index (χ4v) is 1.32. The van der Waals surface area contributed by atoms with E-state index >= 15 is 0 Å². The number of aryl methyl sites for hydroxylation is 1. The van der Waals surface area contributed by atoms with Crippen molar-refractivity contribution < 1.29 is 18.0 Å². The van der Waals surface area contributed by atoms with Crippen LogP contribution in [0, 0.1) is 0 Å². The number of carbonyl (C=O) groups is 1. The Morgan fingerprint density at radius 3 is 2.71 bits per heavy atom. The van der Waals surface area contributed by atoms with Gasteiger partial charge < -0.3 is 10.6 Å². The van der Waals surface area contributed by atoms with E-state index in [1.165, 1.54) is 13.2 Å². The van der Waals surface area contributed by atoms with E-state index in [1.807, 2.05) is 0 Å². The van der Waals surface area contributed by atoms with E-state index in [-0.39, 0.29) is 24.6 Å². The lowest BCUT2D eigenvalue weighted by atomic mass is 10.2. The number of nitrogens with one attached hydrogen (secondary N) is 2. The normalized spacial score (nSPS) is 11.6. The van der Waals surface area contributed by atoms with Gasteiger partial charge in [-0.1, -0.05) is 0 Å². The molecule has 0 unspecified atom stereocenters. The van der Waals surface area contributed by atoms with E-state index in [4.69, 9.17) is 0 Å². The van der Waals surface area contributed by atoms with Crippen molar-refractivity contribution in [2.75, 3.05) is 13.6 Å². The monoisotopic (exact) mass is 250 g/mol. The van der Waals surface area contributed by atoms with Crippen LogP contribution in [0.4, 0.5) is 13.2 Å². The third-order valence-electron chi connectivity index (χ3n) is 1.99. The lowest BCUT2D eigenvalue weighted by Gasteiger charge is -2.07. The number of nitrogens with zero attached hydrogens (tertiary/aromatic N) is 2. The largest absolute Gasteiger partial charge is 0.435 e. The molecule has 0 aliphatic carbocycles. The number of halogens is 3. The Labute approximate surface area is 96.0 Å². The van der Waals surface area contributed by atoms with Crippen molar-refractivity contribution in [2.45, 2.75) is 12.7 Å². The summed E-state index contributed by atoms with van der Waals surface area (Å²) in [5.41, 5.74) is -1.02. The number of hydrogen-bond donors (Lipinski definition) is 2. The fraction of sp³-hybridized carbons (Fsp3) is 0.556. The predicted octanol–water partition coefficient (Wildman–Crippen LogP) is 0.274. The second kappa shape index (κ2) is 5.17. The molecule has 0 aliphatic rings. The lowest BCUT2D eigenvalue weighted by molar-refractivity contribution is -0.142. The quantitative estimate of drug-likeness (QED) is 0.806. The average molecular weight is 250 g/mol. The molecule has 1 heterocycles. The summed E-state index contributed by atoms with van der Waals surface area (Å²) in [5.74, 6) is -0.371. The molecule has 0 saturated carbocycles. The third kappa shape index (κ3) is 3.74. The van der Waals surface area contributed by atoms with Crippen LogP contribution >= 0.6 is 0 Å². The van der Waals surface area contributed by atoms with E-state index in [0.29, 0.717) is 0 Å². The third-order valence-corrected chi connectivity index (χ3v) is 1.99. The number of aromatic nitrogens is 2. The Bertz CT molecular complexity index is 399. The van der Waals surface area contributed by atoms with Crippen LogP contribution in [0.1, 0.15) is 11.3 Å². The van der Waals surface area contributed by atoms with Crippen LogP contribution in [0.5, 0.6) is 0 Å². The van der Waals surface area contributed by atoms with Gasteiger partial charge in [0.25, 0.3) is 0 Å². The van der Waals surface area contributed by atoms with Gasteiger partial charge in [-0.25, -0.2) is 0 Å². The Kier molecular flexibility index (Phi) is 4.11. The number of amides is 1. The van der Waals surface area contributed by atoms with Crippen LogP contribution in [0.15, 0.2) is 6.20 Å². The van der Waals surface area contributed by atoms with Crippen molar-refractivity contribution in [3.63, 3.8) is 0 Å². The van der Waals surface area contributed by atoms with Crippen molar-refractivity contribution >= 4 is 5.91 Å². The smallest absolute Gasteiger partial charge is 0.351 e. The molecule has 0 aliphatic heterocycles. The zero-order valence-corrected chi connectivity index (χ0v) is 9.43. The topological polar surface area (TPSA) is 59.0 Å². The van der Waals surface area contributed by atoms with Gasteiger partial charge in [-0.2, -0.15) is 18.3 Å². The van der Waals surface area contributed by atoms with E-state index in [9.17, 15) is 18.0 Å². The standard InChI is InChI=1S/C9H13F3N4O/c1-13-4-7(17)14-3-6-5-16(2)15-8(6)9(10,11)12/h5,13H,3-4H2,1-2H3,(H,14,17). The molecule has 96 valence electrons. The first kappa shape index (κ1) is 13.5. The summed E-state index contributed by atoms with van der Waals surface area (Å²) in [6, 6.07) is 0. The fourth-order valence-electron chi connectivity index (χ4n) is 1.32. The summed E-state index contributed by atoms with van der Waals surface area (Å²) in [6.45, 7) is -0.134. The molecule has 0 spiro atoms. The van der Waals surface area contributed by atoms with Crippen LogP contribution in [0.25, 0.3) is 0 Å². The first-order chi connectivity index (χ1) is 7.84. The summed E-state index contributed by atoms with van der Waals surface area (Å²) < 4.78 is 38.7. The minimum atomic E-state index is -4.51. The number of hydrogen-bond acceptors (Lipinski definition) is 3. The zero-order valence-electron chi connectivity index (χ0n) is 9.43. The Morgan fingerprint density at radius 1 is 1.53 bits per heavy atom. The minimum Gasteiger partial charge on any atom is -0.351 e. The maximum atomic E-state index is 12.5. The van der Waals surface area contributed by atoms with Gasteiger partial charge in [0.2, 0.25) is 5.91 Å². The molecule has 2 N–H and O–H groups in total. The molecule has 1 amide bonds. The Balaban J connectivity index is 2.74. The Hall–Kier alpha value is -1.57. The summed E-state index contributed by atoms with van der Waals surface area (Å²) in [6.07, 6.45) is -3.27. The molecule has 0 aromatic carbocycles. The van der Waals surface area contributed by atoms with Gasteiger partial charge in [-0.3, -0.25) is 9.48 Å². The highest BCUT2D eigenvalue weighted by molar-refractivity contribution is 5.77. The van der Waals surface area contributed by atoms with Crippen molar-refractivity contribution in [1.29, 1.82) is 0 Å². The van der Waals surface area contributed by atoms with Crippen molar-refractivity contribution in [1.82, 2.24) is 20.4 Å². The average Bonchev–Trinajstić information content (AvgIpc) is 2.57. The molecule has 0 radical (unpaired) electrons. The second-order valence-electron chi connectivity index (χ2n) is 3.48. The highest BCUT2D eigenvalue weighted by Gasteiger charge is 2.36. The van der Waals surface area contributed by atoms with Crippen molar-refractivity contribution in [3.05, 3.63) is 17.5 Å². The van der Waals surface area contributed by atoms with E-state index < -0.39 is 11.9 Å². The van der Waals surface area contributed by atoms with Gasteiger partial charge in [0.05, 0.1) is 6.54 Å². The van der Waals surface area contributed by atoms with E-state index in [2.05, 4.69) is 15.7 Å². The van der Waals surface area contributed by atoms with Gasteiger partial charge in [0, 0.05) is 25.4 Å². The zero-order chi connectivity index (χ0) is 13.1. The van der Waals surface area contributed by atoms with Gasteiger partial charge in [-0.15, -0.1) is 0 Å². The van der Waals surface area contributed by atoms with Crippen LogP contribution in [0.3, 0.4) is 0 Å². The van der Waals surface area contributed by atoms with Gasteiger partial charge in [0.1, 0.15) is 0 Å². The number of likely N-dealkylation sites (N-methyl/N-ethyl adjacent to an activating group) is 1. The van der Waals surface area contributed by atoms with Gasteiger partial charge >= 0.3 is 6.18 Å². The maximum absolute atomic E-state index is 12.5. The van der Waals surface area contributed by atoms with Crippen LogP contribution in [-0.4, -0.2) is 29.3 Å². The molecule has 1 aromatic rings. The summed E-state index contributed by atoms with van der Waals surface area (Å²) in [5, 5.41) is 8.30. The molecule has 0 fully saturated rings. The molecule has 17 heavy (non-hydrogen) atoms. The molecular formula is C9H13F3N4O. The van der Waals surface area contributed by atoms with Gasteiger partial charge in [-0.05, 0) is 7.05 Å². The molecule has 0 atom stereocenters. The molecule has 1 aromatic heterocycles. The number of rotatable bonds is 4. The Morgan fingerprint density at radius 2 is 2.18 bits per heavy atom. The highest BCUT2D eigenvalue weighted by atomic mass is 19.4. The summed E-state index contributed by atoms with van der Waals surface area (Å²) in [7, 11) is 2.97.